The third-order valence-electron chi connectivity index (χ3n) is 5.21. The quantitative estimate of drug-likeness (QED) is 0.747. The average Bonchev–Trinajstić information content (AvgIpc) is 2.75. The lowest BCUT2D eigenvalue weighted by Gasteiger charge is -2.34. The van der Waals surface area contributed by atoms with Crippen molar-refractivity contribution in [1.29, 1.82) is 0 Å². The lowest BCUT2D eigenvalue weighted by atomic mass is 10.2. The van der Waals surface area contributed by atoms with Crippen LogP contribution < -0.4 is 10.1 Å². The van der Waals surface area contributed by atoms with Gasteiger partial charge < -0.3 is 15.0 Å². The van der Waals surface area contributed by atoms with E-state index in [0.29, 0.717) is 11.4 Å². The number of fused-ring (bicyclic) bond motifs is 1. The molecule has 1 N–H and O–H groups in total. The second-order valence-electron chi connectivity index (χ2n) is 7.23. The summed E-state index contributed by atoms with van der Waals surface area (Å²) in [4.78, 5) is 26.0. The first-order valence-corrected chi connectivity index (χ1v) is 11.3. The standard InChI is InChI=1S/C20H19ClFN3O5S/c1-12-19(26)23-17-11-14(3-5-18(17)30-12)31(28,29)25-8-6-24(7-9-25)20(27)13-2-4-16(22)15(21)10-13/h2-5,10-12H,6-9H2,1H3,(H,23,26). The summed E-state index contributed by atoms with van der Waals surface area (Å²) in [7, 11) is -3.83. The van der Waals surface area contributed by atoms with Crippen molar-refractivity contribution in [2.45, 2.75) is 17.9 Å². The third-order valence-corrected chi connectivity index (χ3v) is 7.40. The molecule has 11 heteroatoms. The lowest BCUT2D eigenvalue weighted by Crippen LogP contribution is -2.50. The fourth-order valence-electron chi connectivity index (χ4n) is 3.44. The number of halogens is 2. The molecule has 1 atom stereocenters. The third kappa shape index (κ3) is 4.10. The maximum Gasteiger partial charge on any atom is 0.265 e. The van der Waals surface area contributed by atoms with E-state index < -0.39 is 21.9 Å². The van der Waals surface area contributed by atoms with Crippen LogP contribution in [0.15, 0.2) is 41.3 Å². The van der Waals surface area contributed by atoms with Gasteiger partial charge in [0.05, 0.1) is 15.6 Å². The number of amides is 2. The summed E-state index contributed by atoms with van der Waals surface area (Å²) < 4.78 is 46.2. The first-order chi connectivity index (χ1) is 14.7. The molecular formula is C20H19ClFN3O5S. The summed E-state index contributed by atoms with van der Waals surface area (Å²) in [6.45, 7) is 2.15. The molecule has 164 valence electrons. The van der Waals surface area contributed by atoms with Crippen LogP contribution in [0.1, 0.15) is 17.3 Å². The lowest BCUT2D eigenvalue weighted by molar-refractivity contribution is -0.122. The van der Waals surface area contributed by atoms with Gasteiger partial charge in [-0.2, -0.15) is 4.31 Å². The Morgan fingerprint density at radius 3 is 2.55 bits per heavy atom. The Bertz CT molecular complexity index is 1170. The zero-order valence-electron chi connectivity index (χ0n) is 16.5. The Morgan fingerprint density at radius 1 is 1.16 bits per heavy atom. The molecule has 4 rings (SSSR count). The van der Waals surface area contributed by atoms with Gasteiger partial charge >= 0.3 is 0 Å². The molecule has 0 spiro atoms. The highest BCUT2D eigenvalue weighted by molar-refractivity contribution is 7.89. The number of carbonyl (C=O) groups excluding carboxylic acids is 2. The molecule has 1 saturated heterocycles. The summed E-state index contributed by atoms with van der Waals surface area (Å²) in [6.07, 6.45) is -0.656. The highest BCUT2D eigenvalue weighted by atomic mass is 35.5. The summed E-state index contributed by atoms with van der Waals surface area (Å²) >= 11 is 5.75. The van der Waals surface area contributed by atoms with E-state index in [1.165, 1.54) is 39.5 Å². The normalized spacial score (nSPS) is 19.4. The Morgan fingerprint density at radius 2 is 1.87 bits per heavy atom. The molecule has 0 aromatic heterocycles. The molecule has 2 heterocycles. The monoisotopic (exact) mass is 467 g/mol. The van der Waals surface area contributed by atoms with Crippen LogP contribution in [-0.4, -0.2) is 61.7 Å². The van der Waals surface area contributed by atoms with E-state index >= 15 is 0 Å². The van der Waals surface area contributed by atoms with E-state index in [0.717, 1.165) is 6.07 Å². The predicted molar refractivity (Wildman–Crippen MR) is 111 cm³/mol. The van der Waals surface area contributed by atoms with Gasteiger partial charge in [-0.15, -0.1) is 0 Å². The molecule has 1 fully saturated rings. The summed E-state index contributed by atoms with van der Waals surface area (Å²) in [5.74, 6) is -0.911. The van der Waals surface area contributed by atoms with Crippen molar-refractivity contribution in [3.8, 4) is 5.75 Å². The van der Waals surface area contributed by atoms with Crippen molar-refractivity contribution < 1.29 is 27.1 Å². The molecule has 0 aliphatic carbocycles. The van der Waals surface area contributed by atoms with Crippen LogP contribution in [0.2, 0.25) is 5.02 Å². The minimum absolute atomic E-state index is 0.0230. The fourth-order valence-corrected chi connectivity index (χ4v) is 5.07. The number of anilines is 1. The van der Waals surface area contributed by atoms with E-state index in [1.54, 1.807) is 6.92 Å². The number of piperazine rings is 1. The molecule has 2 aromatic carbocycles. The Labute approximate surface area is 183 Å². The molecule has 8 nitrogen and oxygen atoms in total. The fraction of sp³-hybridized carbons (Fsp3) is 0.300. The van der Waals surface area contributed by atoms with Gasteiger partial charge in [-0.3, -0.25) is 9.59 Å². The van der Waals surface area contributed by atoms with Crippen molar-refractivity contribution in [2.24, 2.45) is 0 Å². The molecule has 1 unspecified atom stereocenters. The van der Waals surface area contributed by atoms with E-state index in [4.69, 9.17) is 16.3 Å². The first-order valence-electron chi connectivity index (χ1n) is 9.53. The molecular weight excluding hydrogens is 449 g/mol. The molecule has 0 bridgehead atoms. The smallest absolute Gasteiger partial charge is 0.265 e. The van der Waals surface area contributed by atoms with Crippen LogP contribution in [0.5, 0.6) is 5.75 Å². The van der Waals surface area contributed by atoms with E-state index in [9.17, 15) is 22.4 Å². The van der Waals surface area contributed by atoms with Gasteiger partial charge in [0.1, 0.15) is 11.6 Å². The van der Waals surface area contributed by atoms with Crippen molar-refractivity contribution in [1.82, 2.24) is 9.21 Å². The second-order valence-corrected chi connectivity index (χ2v) is 9.58. The van der Waals surface area contributed by atoms with Gasteiger partial charge in [0, 0.05) is 31.7 Å². The van der Waals surface area contributed by atoms with Crippen LogP contribution in [0.25, 0.3) is 0 Å². The number of rotatable bonds is 3. The Balaban J connectivity index is 1.47. The molecule has 2 aliphatic rings. The van der Waals surface area contributed by atoms with Gasteiger partial charge in [0.25, 0.3) is 11.8 Å². The van der Waals surface area contributed by atoms with E-state index in [-0.39, 0.29) is 53.5 Å². The zero-order chi connectivity index (χ0) is 22.3. The van der Waals surface area contributed by atoms with Gasteiger partial charge in [0.2, 0.25) is 10.0 Å². The maximum atomic E-state index is 13.3. The number of nitrogens with zero attached hydrogens (tertiary/aromatic N) is 2. The van der Waals surface area contributed by atoms with Crippen molar-refractivity contribution in [3.05, 3.63) is 52.8 Å². The predicted octanol–water partition coefficient (Wildman–Crippen LogP) is 2.35. The van der Waals surface area contributed by atoms with Gasteiger partial charge in [-0.05, 0) is 43.3 Å². The number of benzene rings is 2. The number of carbonyl (C=O) groups is 2. The molecule has 0 saturated carbocycles. The SMILES string of the molecule is CC1Oc2ccc(S(=O)(=O)N3CCN(C(=O)c4ccc(F)c(Cl)c4)CC3)cc2NC1=O. The van der Waals surface area contributed by atoms with Gasteiger partial charge in [0.15, 0.2) is 6.10 Å². The van der Waals surface area contributed by atoms with Crippen molar-refractivity contribution in [2.75, 3.05) is 31.5 Å². The largest absolute Gasteiger partial charge is 0.479 e. The number of nitrogens with one attached hydrogen (secondary N) is 1. The summed E-state index contributed by atoms with van der Waals surface area (Å²) in [5.41, 5.74) is 0.536. The number of sulfonamides is 1. The number of hydrogen-bond donors (Lipinski definition) is 1. The van der Waals surface area contributed by atoms with Crippen molar-refractivity contribution in [3.63, 3.8) is 0 Å². The summed E-state index contributed by atoms with van der Waals surface area (Å²) in [5, 5.41) is 2.49. The Hall–Kier alpha value is -2.69. The molecule has 31 heavy (non-hydrogen) atoms. The average molecular weight is 468 g/mol. The second kappa shape index (κ2) is 8.10. The molecule has 0 radical (unpaired) electrons. The van der Waals surface area contributed by atoms with Crippen LogP contribution in [0.4, 0.5) is 10.1 Å². The van der Waals surface area contributed by atoms with Crippen LogP contribution in [0, 0.1) is 5.82 Å². The van der Waals surface area contributed by atoms with Gasteiger partial charge in [-0.1, -0.05) is 11.6 Å². The number of ether oxygens (including phenoxy) is 1. The molecule has 2 aliphatic heterocycles. The van der Waals surface area contributed by atoms with Crippen LogP contribution in [-0.2, 0) is 14.8 Å². The van der Waals surface area contributed by atoms with E-state index in [1.807, 2.05) is 0 Å². The van der Waals surface area contributed by atoms with E-state index in [2.05, 4.69) is 5.32 Å². The highest BCUT2D eigenvalue weighted by Crippen LogP contribution is 2.33. The highest BCUT2D eigenvalue weighted by Gasteiger charge is 2.32. The topological polar surface area (TPSA) is 96.0 Å². The number of hydrogen-bond acceptors (Lipinski definition) is 5. The Kier molecular flexibility index (Phi) is 5.63. The minimum Gasteiger partial charge on any atom is -0.479 e. The molecule has 2 aromatic rings. The first kappa shape index (κ1) is 21.5. The molecule has 2 amide bonds. The van der Waals surface area contributed by atoms with Crippen LogP contribution in [0.3, 0.4) is 0 Å². The van der Waals surface area contributed by atoms with Gasteiger partial charge in [-0.25, -0.2) is 12.8 Å². The van der Waals surface area contributed by atoms with Crippen molar-refractivity contribution >= 4 is 39.1 Å². The minimum atomic E-state index is -3.83. The maximum absolute atomic E-state index is 13.3. The summed E-state index contributed by atoms with van der Waals surface area (Å²) in [6, 6.07) is 8.03. The zero-order valence-corrected chi connectivity index (χ0v) is 18.0. The van der Waals surface area contributed by atoms with Crippen LogP contribution >= 0.6 is 11.6 Å².